The summed E-state index contributed by atoms with van der Waals surface area (Å²) in [6, 6.07) is 11.5. The van der Waals surface area contributed by atoms with E-state index in [2.05, 4.69) is 27.0 Å². The quantitative estimate of drug-likeness (QED) is 0.607. The standard InChI is InChI=1S/C17H13BrF3N/c18-15-10-16-13(7-8-22-16)9-12(15)4-1-11-2-5-14(6-3-11)17(19,20)21/h2-3,5-10,22H,1,4H2. The maximum atomic E-state index is 12.5. The zero-order chi connectivity index (χ0) is 15.7. The minimum atomic E-state index is -4.28. The van der Waals surface area contributed by atoms with Crippen LogP contribution in [0.5, 0.6) is 0 Å². The summed E-state index contributed by atoms with van der Waals surface area (Å²) in [5.74, 6) is 0. The van der Waals surface area contributed by atoms with Gasteiger partial charge < -0.3 is 4.98 Å². The third kappa shape index (κ3) is 3.19. The number of hydrogen-bond donors (Lipinski definition) is 1. The van der Waals surface area contributed by atoms with Gasteiger partial charge in [-0.2, -0.15) is 13.2 Å². The molecular weight excluding hydrogens is 355 g/mol. The Kier molecular flexibility index (Phi) is 4.00. The smallest absolute Gasteiger partial charge is 0.361 e. The largest absolute Gasteiger partial charge is 0.416 e. The van der Waals surface area contributed by atoms with Crippen molar-refractivity contribution in [3.05, 3.63) is 69.8 Å². The summed E-state index contributed by atoms with van der Waals surface area (Å²) >= 11 is 3.54. The topological polar surface area (TPSA) is 15.8 Å². The molecule has 0 saturated carbocycles. The Morgan fingerprint density at radius 1 is 0.955 bits per heavy atom. The van der Waals surface area contributed by atoms with Gasteiger partial charge in [0.1, 0.15) is 0 Å². The first-order valence-corrected chi connectivity index (χ1v) is 7.64. The molecule has 3 rings (SSSR count). The van der Waals surface area contributed by atoms with E-state index in [-0.39, 0.29) is 0 Å². The molecule has 0 saturated heterocycles. The average Bonchev–Trinajstić information content (AvgIpc) is 2.91. The van der Waals surface area contributed by atoms with Gasteiger partial charge in [-0.05, 0) is 59.7 Å². The molecule has 1 heterocycles. The highest BCUT2D eigenvalue weighted by molar-refractivity contribution is 9.10. The van der Waals surface area contributed by atoms with E-state index in [0.717, 1.165) is 45.1 Å². The molecule has 0 bridgehead atoms. The monoisotopic (exact) mass is 367 g/mol. The van der Waals surface area contributed by atoms with Crippen LogP contribution in [0.2, 0.25) is 0 Å². The van der Waals surface area contributed by atoms with Gasteiger partial charge in [0.25, 0.3) is 0 Å². The SMILES string of the molecule is FC(F)(F)c1ccc(CCc2cc3cc[nH]c3cc2Br)cc1. The number of benzene rings is 2. The number of nitrogens with one attached hydrogen (secondary N) is 1. The molecule has 1 nitrogen and oxygen atoms in total. The minimum Gasteiger partial charge on any atom is -0.361 e. The number of H-pyrrole nitrogens is 1. The van der Waals surface area contributed by atoms with E-state index in [0.29, 0.717) is 6.42 Å². The summed E-state index contributed by atoms with van der Waals surface area (Å²) in [5, 5.41) is 1.13. The second kappa shape index (κ2) is 5.80. The van der Waals surface area contributed by atoms with Gasteiger partial charge in [0.05, 0.1) is 5.56 Å². The van der Waals surface area contributed by atoms with Crippen LogP contribution in [0.4, 0.5) is 13.2 Å². The number of aromatic nitrogens is 1. The zero-order valence-electron chi connectivity index (χ0n) is 11.5. The molecule has 5 heteroatoms. The molecule has 1 N–H and O–H groups in total. The van der Waals surface area contributed by atoms with Crippen LogP contribution in [0.3, 0.4) is 0 Å². The third-order valence-corrected chi connectivity index (χ3v) is 4.42. The van der Waals surface area contributed by atoms with Crippen LogP contribution < -0.4 is 0 Å². The Hall–Kier alpha value is -1.75. The predicted molar refractivity (Wildman–Crippen MR) is 84.9 cm³/mol. The molecule has 114 valence electrons. The number of rotatable bonds is 3. The van der Waals surface area contributed by atoms with Crippen molar-refractivity contribution in [1.82, 2.24) is 4.98 Å². The van der Waals surface area contributed by atoms with Crippen molar-refractivity contribution >= 4 is 26.8 Å². The molecule has 3 aromatic rings. The number of aromatic amines is 1. The van der Waals surface area contributed by atoms with E-state index < -0.39 is 11.7 Å². The van der Waals surface area contributed by atoms with Crippen molar-refractivity contribution in [2.75, 3.05) is 0 Å². The molecule has 0 atom stereocenters. The Morgan fingerprint density at radius 2 is 1.68 bits per heavy atom. The van der Waals surface area contributed by atoms with Crippen molar-refractivity contribution in [1.29, 1.82) is 0 Å². The molecule has 0 aliphatic rings. The maximum Gasteiger partial charge on any atom is 0.416 e. The Labute approximate surface area is 134 Å². The maximum absolute atomic E-state index is 12.5. The molecule has 0 aliphatic carbocycles. The summed E-state index contributed by atoms with van der Waals surface area (Å²) in [4.78, 5) is 3.15. The second-order valence-corrected chi connectivity index (χ2v) is 6.06. The second-order valence-electron chi connectivity index (χ2n) is 5.20. The van der Waals surface area contributed by atoms with Crippen LogP contribution in [0.1, 0.15) is 16.7 Å². The lowest BCUT2D eigenvalue weighted by Crippen LogP contribution is -2.04. The molecule has 0 spiro atoms. The summed E-state index contributed by atoms with van der Waals surface area (Å²) in [7, 11) is 0. The van der Waals surface area contributed by atoms with E-state index in [9.17, 15) is 13.2 Å². The molecule has 1 aromatic heterocycles. The minimum absolute atomic E-state index is 0.605. The van der Waals surface area contributed by atoms with Gasteiger partial charge in [0.15, 0.2) is 0 Å². The molecule has 0 amide bonds. The third-order valence-electron chi connectivity index (χ3n) is 3.68. The van der Waals surface area contributed by atoms with E-state index >= 15 is 0 Å². The van der Waals surface area contributed by atoms with E-state index in [4.69, 9.17) is 0 Å². The van der Waals surface area contributed by atoms with Gasteiger partial charge in [-0.1, -0.05) is 28.1 Å². The Balaban J connectivity index is 1.74. The van der Waals surface area contributed by atoms with Crippen molar-refractivity contribution in [2.24, 2.45) is 0 Å². The highest BCUT2D eigenvalue weighted by Gasteiger charge is 2.29. The number of fused-ring (bicyclic) bond motifs is 1. The first-order chi connectivity index (χ1) is 10.4. The van der Waals surface area contributed by atoms with Crippen molar-refractivity contribution in [2.45, 2.75) is 19.0 Å². The van der Waals surface area contributed by atoms with Crippen LogP contribution in [0, 0.1) is 0 Å². The van der Waals surface area contributed by atoms with E-state index in [1.54, 1.807) is 12.1 Å². The highest BCUT2D eigenvalue weighted by Crippen LogP contribution is 2.29. The summed E-state index contributed by atoms with van der Waals surface area (Å²) in [6.45, 7) is 0. The van der Waals surface area contributed by atoms with Gasteiger partial charge in [-0.15, -0.1) is 0 Å². The first kappa shape index (κ1) is 15.2. The lowest BCUT2D eigenvalue weighted by atomic mass is 10.0. The molecule has 0 unspecified atom stereocenters. The van der Waals surface area contributed by atoms with Gasteiger partial charge in [0.2, 0.25) is 0 Å². The molecular formula is C17H13BrF3N. The van der Waals surface area contributed by atoms with Crippen molar-refractivity contribution < 1.29 is 13.2 Å². The Bertz CT molecular complexity index is 788. The normalized spacial score (nSPS) is 12.0. The first-order valence-electron chi connectivity index (χ1n) is 6.85. The van der Waals surface area contributed by atoms with Gasteiger partial charge in [0, 0.05) is 16.2 Å². The van der Waals surface area contributed by atoms with Crippen LogP contribution >= 0.6 is 15.9 Å². The molecule has 0 aliphatic heterocycles. The lowest BCUT2D eigenvalue weighted by molar-refractivity contribution is -0.137. The molecule has 0 radical (unpaired) electrons. The van der Waals surface area contributed by atoms with Crippen LogP contribution in [0.15, 0.2) is 53.1 Å². The fourth-order valence-electron chi connectivity index (χ4n) is 2.45. The fourth-order valence-corrected chi connectivity index (χ4v) is 2.99. The fraction of sp³-hybridized carbons (Fsp3) is 0.176. The molecule has 2 aromatic carbocycles. The number of halogens is 4. The highest BCUT2D eigenvalue weighted by atomic mass is 79.9. The lowest BCUT2D eigenvalue weighted by Gasteiger charge is -2.08. The summed E-state index contributed by atoms with van der Waals surface area (Å²) < 4.78 is 38.6. The van der Waals surface area contributed by atoms with Crippen LogP contribution in [-0.4, -0.2) is 4.98 Å². The summed E-state index contributed by atoms with van der Waals surface area (Å²) in [6.07, 6.45) is -0.919. The van der Waals surface area contributed by atoms with Crippen molar-refractivity contribution in [3.63, 3.8) is 0 Å². The van der Waals surface area contributed by atoms with E-state index in [1.165, 1.54) is 0 Å². The molecule has 0 fully saturated rings. The van der Waals surface area contributed by atoms with Crippen molar-refractivity contribution in [3.8, 4) is 0 Å². The van der Waals surface area contributed by atoms with Gasteiger partial charge in [-0.25, -0.2) is 0 Å². The van der Waals surface area contributed by atoms with Gasteiger partial charge >= 0.3 is 6.18 Å². The number of alkyl halides is 3. The number of hydrogen-bond acceptors (Lipinski definition) is 0. The predicted octanol–water partition coefficient (Wildman–Crippen LogP) is 5.73. The average molecular weight is 368 g/mol. The van der Waals surface area contributed by atoms with Crippen LogP contribution in [-0.2, 0) is 19.0 Å². The Morgan fingerprint density at radius 3 is 2.36 bits per heavy atom. The van der Waals surface area contributed by atoms with Gasteiger partial charge in [-0.3, -0.25) is 0 Å². The molecule has 22 heavy (non-hydrogen) atoms. The van der Waals surface area contributed by atoms with Crippen LogP contribution in [0.25, 0.3) is 10.9 Å². The van der Waals surface area contributed by atoms with E-state index in [1.807, 2.05) is 18.3 Å². The zero-order valence-corrected chi connectivity index (χ0v) is 13.1. The summed E-state index contributed by atoms with van der Waals surface area (Å²) in [5.41, 5.74) is 2.50. The number of aryl methyl sites for hydroxylation is 2.